The van der Waals surface area contributed by atoms with Crippen molar-refractivity contribution in [1.29, 1.82) is 0 Å². The van der Waals surface area contributed by atoms with Crippen molar-refractivity contribution in [2.24, 2.45) is 0 Å². The largest absolute Gasteiger partial charge is 0.495 e. The van der Waals surface area contributed by atoms with Crippen LogP contribution < -0.4 is 4.74 Å². The van der Waals surface area contributed by atoms with Crippen molar-refractivity contribution in [2.75, 3.05) is 7.11 Å². The summed E-state index contributed by atoms with van der Waals surface area (Å²) in [5, 5.41) is 1.46. The summed E-state index contributed by atoms with van der Waals surface area (Å²) in [7, 11) is 1.42. The van der Waals surface area contributed by atoms with Gasteiger partial charge in [-0.15, -0.1) is 0 Å². The van der Waals surface area contributed by atoms with Gasteiger partial charge in [-0.3, -0.25) is 4.79 Å². The summed E-state index contributed by atoms with van der Waals surface area (Å²) in [5.74, 6) is -0.263. The smallest absolute Gasteiger partial charge is 0.156 e. The molecule has 15 heavy (non-hydrogen) atoms. The van der Waals surface area contributed by atoms with E-state index in [1.54, 1.807) is 12.1 Å². The van der Waals surface area contributed by atoms with E-state index in [4.69, 9.17) is 4.74 Å². The third-order valence-electron chi connectivity index (χ3n) is 2.31. The number of benzene rings is 2. The Morgan fingerprint density at radius 2 is 2.07 bits per heavy atom. The molecule has 0 saturated heterocycles. The monoisotopic (exact) mass is 204 g/mol. The van der Waals surface area contributed by atoms with Crippen LogP contribution in [0.5, 0.6) is 5.75 Å². The number of methoxy groups -OCH3 is 1. The number of rotatable bonds is 2. The summed E-state index contributed by atoms with van der Waals surface area (Å²) < 4.78 is 18.5. The summed E-state index contributed by atoms with van der Waals surface area (Å²) in [5.41, 5.74) is -0.0313. The zero-order valence-corrected chi connectivity index (χ0v) is 8.16. The van der Waals surface area contributed by atoms with Crippen LogP contribution in [-0.4, -0.2) is 13.4 Å². The summed E-state index contributed by atoms with van der Waals surface area (Å²) in [6.07, 6.45) is 0.473. The number of carbonyl (C=O) groups is 1. The fourth-order valence-electron chi connectivity index (χ4n) is 1.63. The molecule has 0 saturated carbocycles. The minimum atomic E-state index is -0.555. The van der Waals surface area contributed by atoms with Gasteiger partial charge >= 0.3 is 0 Å². The van der Waals surface area contributed by atoms with Gasteiger partial charge in [0.25, 0.3) is 0 Å². The van der Waals surface area contributed by atoms with Crippen LogP contribution in [0.25, 0.3) is 10.8 Å². The Morgan fingerprint density at radius 3 is 2.73 bits per heavy atom. The summed E-state index contributed by atoms with van der Waals surface area (Å²) in [6, 6.07) is 8.52. The molecule has 2 nitrogen and oxygen atoms in total. The van der Waals surface area contributed by atoms with E-state index >= 15 is 0 Å². The molecule has 0 spiro atoms. The molecule has 76 valence electrons. The third-order valence-corrected chi connectivity index (χ3v) is 2.31. The number of halogens is 1. The normalized spacial score (nSPS) is 10.3. The number of aldehydes is 1. The molecule has 0 unspecified atom stereocenters. The Labute approximate surface area is 86.3 Å². The van der Waals surface area contributed by atoms with Gasteiger partial charge in [-0.1, -0.05) is 24.3 Å². The zero-order valence-electron chi connectivity index (χ0n) is 8.16. The van der Waals surface area contributed by atoms with E-state index in [1.165, 1.54) is 13.2 Å². The minimum absolute atomic E-state index is 0.0313. The van der Waals surface area contributed by atoms with Gasteiger partial charge in [0.2, 0.25) is 0 Å². The third kappa shape index (κ3) is 1.46. The van der Waals surface area contributed by atoms with Gasteiger partial charge in [0.05, 0.1) is 12.7 Å². The van der Waals surface area contributed by atoms with Crippen molar-refractivity contribution in [2.45, 2.75) is 0 Å². The van der Waals surface area contributed by atoms with Gasteiger partial charge in [-0.05, 0) is 11.5 Å². The van der Waals surface area contributed by atoms with Crippen molar-refractivity contribution < 1.29 is 13.9 Å². The summed E-state index contributed by atoms with van der Waals surface area (Å²) >= 11 is 0. The maximum atomic E-state index is 13.5. The number of hydrogen-bond donors (Lipinski definition) is 0. The maximum Gasteiger partial charge on any atom is 0.156 e. The Hall–Kier alpha value is -1.90. The first kappa shape index (κ1) is 9.65. The Morgan fingerprint density at radius 1 is 1.33 bits per heavy atom. The summed E-state index contributed by atoms with van der Waals surface area (Å²) in [4.78, 5) is 10.7. The average molecular weight is 204 g/mol. The molecule has 0 radical (unpaired) electrons. The highest BCUT2D eigenvalue weighted by Gasteiger charge is 2.12. The van der Waals surface area contributed by atoms with Gasteiger partial charge in [0.15, 0.2) is 6.29 Å². The lowest BCUT2D eigenvalue weighted by atomic mass is 10.1. The highest BCUT2D eigenvalue weighted by Crippen LogP contribution is 2.30. The van der Waals surface area contributed by atoms with E-state index in [0.29, 0.717) is 12.0 Å². The molecule has 0 bridgehead atoms. The van der Waals surface area contributed by atoms with E-state index in [1.807, 2.05) is 12.1 Å². The number of fused-ring (bicyclic) bond motifs is 1. The van der Waals surface area contributed by atoms with E-state index < -0.39 is 5.82 Å². The molecule has 0 aliphatic carbocycles. The van der Waals surface area contributed by atoms with Crippen LogP contribution >= 0.6 is 0 Å². The Bertz CT molecular complexity index is 520. The van der Waals surface area contributed by atoms with Crippen LogP contribution in [0.4, 0.5) is 4.39 Å². The van der Waals surface area contributed by atoms with E-state index in [9.17, 15) is 9.18 Å². The molecule has 0 fully saturated rings. The predicted molar refractivity (Wildman–Crippen MR) is 55.8 cm³/mol. The van der Waals surface area contributed by atoms with Gasteiger partial charge in [0, 0.05) is 5.39 Å². The van der Waals surface area contributed by atoms with Crippen LogP contribution in [0.2, 0.25) is 0 Å². The topological polar surface area (TPSA) is 26.3 Å². The Kier molecular flexibility index (Phi) is 2.37. The lowest BCUT2D eigenvalue weighted by Gasteiger charge is -2.08. The molecule has 0 aromatic heterocycles. The molecule has 0 heterocycles. The van der Waals surface area contributed by atoms with Crippen LogP contribution in [0.3, 0.4) is 0 Å². The molecular formula is C12H9FO2. The number of hydrogen-bond acceptors (Lipinski definition) is 2. The van der Waals surface area contributed by atoms with Crippen LogP contribution in [-0.2, 0) is 0 Å². The first-order valence-corrected chi connectivity index (χ1v) is 4.48. The highest BCUT2D eigenvalue weighted by molar-refractivity contribution is 5.96. The van der Waals surface area contributed by atoms with E-state index in [2.05, 4.69) is 0 Å². The van der Waals surface area contributed by atoms with Crippen LogP contribution in [0.1, 0.15) is 10.4 Å². The van der Waals surface area contributed by atoms with Gasteiger partial charge < -0.3 is 4.74 Å². The molecule has 2 rings (SSSR count). The van der Waals surface area contributed by atoms with Gasteiger partial charge in [-0.25, -0.2) is 4.39 Å². The molecule has 0 aliphatic heterocycles. The van der Waals surface area contributed by atoms with Crippen molar-refractivity contribution in [3.05, 3.63) is 41.7 Å². The number of carbonyl (C=O) groups excluding carboxylic acids is 1. The minimum Gasteiger partial charge on any atom is -0.495 e. The van der Waals surface area contributed by atoms with Crippen LogP contribution in [0, 0.1) is 5.82 Å². The summed E-state index contributed by atoms with van der Waals surface area (Å²) in [6.45, 7) is 0. The fourth-order valence-corrected chi connectivity index (χ4v) is 1.63. The molecule has 2 aromatic carbocycles. The predicted octanol–water partition coefficient (Wildman–Crippen LogP) is 2.80. The molecule has 3 heteroatoms. The maximum absolute atomic E-state index is 13.5. The molecule has 0 amide bonds. The fraction of sp³-hybridized carbons (Fsp3) is 0.0833. The lowest BCUT2D eigenvalue weighted by Crippen LogP contribution is -1.95. The lowest BCUT2D eigenvalue weighted by molar-refractivity contribution is 0.111. The molecular weight excluding hydrogens is 195 g/mol. The number of ether oxygens (including phenoxy) is 1. The van der Waals surface area contributed by atoms with E-state index in [-0.39, 0.29) is 5.56 Å². The standard InChI is InChI=1S/C12H9FO2/c1-15-12-9-5-3-2-4-8(9)6-11(13)10(12)7-14/h2-7H,1H3. The average Bonchev–Trinajstić information content (AvgIpc) is 2.27. The van der Waals surface area contributed by atoms with Crippen molar-refractivity contribution in [3.8, 4) is 5.75 Å². The first-order valence-electron chi connectivity index (χ1n) is 4.48. The van der Waals surface area contributed by atoms with Crippen LogP contribution in [0.15, 0.2) is 30.3 Å². The second kappa shape index (κ2) is 3.69. The molecule has 0 atom stereocenters. The highest BCUT2D eigenvalue weighted by atomic mass is 19.1. The van der Waals surface area contributed by atoms with Crippen molar-refractivity contribution >= 4 is 17.1 Å². The molecule has 0 N–H and O–H groups in total. The van der Waals surface area contributed by atoms with Crippen molar-refractivity contribution in [3.63, 3.8) is 0 Å². The second-order valence-corrected chi connectivity index (χ2v) is 3.14. The van der Waals surface area contributed by atoms with Crippen molar-refractivity contribution in [1.82, 2.24) is 0 Å². The Balaban J connectivity index is 2.90. The molecule has 0 aliphatic rings. The zero-order chi connectivity index (χ0) is 10.8. The van der Waals surface area contributed by atoms with E-state index in [0.717, 1.165) is 10.8 Å². The second-order valence-electron chi connectivity index (χ2n) is 3.14. The first-order chi connectivity index (χ1) is 7.27. The molecule has 2 aromatic rings. The van der Waals surface area contributed by atoms with Gasteiger partial charge in [0.1, 0.15) is 11.6 Å². The SMILES string of the molecule is COc1c(C=O)c(F)cc2ccccc12. The quantitative estimate of drug-likeness (QED) is 0.703. The van der Waals surface area contributed by atoms with Gasteiger partial charge in [-0.2, -0.15) is 0 Å².